The van der Waals surface area contributed by atoms with Crippen molar-refractivity contribution in [3.63, 3.8) is 0 Å². The molecule has 0 spiro atoms. The van der Waals surface area contributed by atoms with Gasteiger partial charge in [-0.1, -0.05) is 0 Å². The first-order valence-corrected chi connectivity index (χ1v) is 7.09. The quantitative estimate of drug-likeness (QED) is 0.830. The van der Waals surface area contributed by atoms with E-state index in [-0.39, 0.29) is 24.0 Å². The number of sulfone groups is 1. The Bertz CT molecular complexity index is 561. The number of carbonyl (C=O) groups is 1. The number of carboxylic acids is 1. The third kappa shape index (κ3) is 2.19. The van der Waals surface area contributed by atoms with Crippen LogP contribution in [-0.4, -0.2) is 40.8 Å². The van der Waals surface area contributed by atoms with Crippen molar-refractivity contribution in [2.75, 3.05) is 11.5 Å². The van der Waals surface area contributed by atoms with Gasteiger partial charge in [0.05, 0.1) is 29.7 Å². The van der Waals surface area contributed by atoms with Gasteiger partial charge in [-0.25, -0.2) is 8.42 Å². The Balaban J connectivity index is 2.29. The molecule has 6 nitrogen and oxygen atoms in total. The number of rotatable bonds is 3. The Morgan fingerprint density at radius 3 is 2.53 bits per heavy atom. The van der Waals surface area contributed by atoms with Crippen molar-refractivity contribution < 1.29 is 18.3 Å². The van der Waals surface area contributed by atoms with Gasteiger partial charge in [0, 0.05) is 11.3 Å². The van der Waals surface area contributed by atoms with Crippen LogP contribution in [0.5, 0.6) is 0 Å². The SMILES string of the molecule is Cc1nn(C2CS(=O)(=O)C2)c(C)c1CC(=O)O. The molecule has 2 rings (SSSR count). The lowest BCUT2D eigenvalue weighted by Crippen LogP contribution is -2.39. The molecule has 0 amide bonds. The lowest BCUT2D eigenvalue weighted by Gasteiger charge is -2.27. The monoisotopic (exact) mass is 258 g/mol. The van der Waals surface area contributed by atoms with Crippen LogP contribution < -0.4 is 0 Å². The maximum absolute atomic E-state index is 11.1. The number of hydrogen-bond acceptors (Lipinski definition) is 4. The smallest absolute Gasteiger partial charge is 0.307 e. The van der Waals surface area contributed by atoms with Crippen LogP contribution >= 0.6 is 0 Å². The fourth-order valence-electron chi connectivity index (χ4n) is 2.14. The molecule has 0 aromatic carbocycles. The van der Waals surface area contributed by atoms with Gasteiger partial charge < -0.3 is 5.11 Å². The van der Waals surface area contributed by atoms with E-state index in [0.29, 0.717) is 11.3 Å². The Kier molecular flexibility index (Phi) is 2.73. The van der Waals surface area contributed by atoms with Gasteiger partial charge in [0.1, 0.15) is 0 Å². The van der Waals surface area contributed by atoms with Crippen LogP contribution in [0.1, 0.15) is 23.0 Å². The van der Waals surface area contributed by atoms with Crippen LogP contribution in [0, 0.1) is 13.8 Å². The summed E-state index contributed by atoms with van der Waals surface area (Å²) in [5, 5.41) is 13.0. The van der Waals surface area contributed by atoms with Crippen LogP contribution in [0.3, 0.4) is 0 Å². The summed E-state index contributed by atoms with van der Waals surface area (Å²) in [4.78, 5) is 10.7. The van der Waals surface area contributed by atoms with Crippen molar-refractivity contribution in [1.29, 1.82) is 0 Å². The summed E-state index contributed by atoms with van der Waals surface area (Å²) in [6.45, 7) is 3.53. The minimum atomic E-state index is -2.90. The third-order valence-electron chi connectivity index (χ3n) is 3.04. The number of hydrogen-bond donors (Lipinski definition) is 1. The van der Waals surface area contributed by atoms with Crippen LogP contribution in [-0.2, 0) is 21.1 Å². The third-order valence-corrected chi connectivity index (χ3v) is 4.83. The molecule has 1 aromatic heterocycles. The number of nitrogens with zero attached hydrogens (tertiary/aromatic N) is 2. The summed E-state index contributed by atoms with van der Waals surface area (Å²) >= 11 is 0. The standard InChI is InChI=1S/C10H14N2O4S/c1-6-9(3-10(13)14)7(2)12(11-6)8-4-17(15,16)5-8/h8H,3-5H2,1-2H3,(H,13,14). The van der Waals surface area contributed by atoms with Crippen molar-refractivity contribution >= 4 is 15.8 Å². The molecule has 0 bridgehead atoms. The van der Waals surface area contributed by atoms with Gasteiger partial charge >= 0.3 is 5.97 Å². The van der Waals surface area contributed by atoms with Gasteiger partial charge in [0.15, 0.2) is 9.84 Å². The normalized spacial score (nSPS) is 18.9. The summed E-state index contributed by atoms with van der Waals surface area (Å²) in [5.41, 5.74) is 2.10. The van der Waals surface area contributed by atoms with Crippen molar-refractivity contribution in [2.45, 2.75) is 26.3 Å². The lowest BCUT2D eigenvalue weighted by molar-refractivity contribution is -0.136. The molecular weight excluding hydrogens is 244 g/mol. The van der Waals surface area contributed by atoms with Gasteiger partial charge in [-0.15, -0.1) is 0 Å². The Hall–Kier alpha value is -1.37. The molecule has 1 fully saturated rings. The number of carboxylic acid groups (broad SMARTS) is 1. The number of aliphatic carboxylic acids is 1. The highest BCUT2D eigenvalue weighted by atomic mass is 32.2. The van der Waals surface area contributed by atoms with Gasteiger partial charge in [0.25, 0.3) is 0 Å². The van der Waals surface area contributed by atoms with E-state index in [9.17, 15) is 13.2 Å². The molecule has 94 valence electrons. The summed E-state index contributed by atoms with van der Waals surface area (Å²) < 4.78 is 23.9. The highest BCUT2D eigenvalue weighted by Crippen LogP contribution is 2.27. The molecule has 0 aliphatic carbocycles. The minimum absolute atomic E-state index is 0.0723. The van der Waals surface area contributed by atoms with E-state index < -0.39 is 15.8 Å². The second-order valence-electron chi connectivity index (χ2n) is 4.40. The molecule has 2 heterocycles. The van der Waals surface area contributed by atoms with E-state index in [1.54, 1.807) is 18.5 Å². The van der Waals surface area contributed by atoms with Gasteiger partial charge in [0.2, 0.25) is 0 Å². The van der Waals surface area contributed by atoms with Crippen LogP contribution in [0.4, 0.5) is 0 Å². The summed E-state index contributed by atoms with van der Waals surface area (Å²) in [5.74, 6) is -0.708. The van der Waals surface area contributed by atoms with Crippen molar-refractivity contribution in [1.82, 2.24) is 9.78 Å². The molecule has 17 heavy (non-hydrogen) atoms. The molecule has 1 saturated heterocycles. The van der Waals surface area contributed by atoms with Gasteiger partial charge in [-0.3, -0.25) is 9.48 Å². The van der Waals surface area contributed by atoms with E-state index in [4.69, 9.17) is 5.11 Å². The Labute approximate surface area is 99.2 Å². The zero-order valence-electron chi connectivity index (χ0n) is 9.67. The highest BCUT2D eigenvalue weighted by Gasteiger charge is 2.36. The fourth-order valence-corrected chi connectivity index (χ4v) is 3.50. The van der Waals surface area contributed by atoms with Crippen LogP contribution in [0.15, 0.2) is 0 Å². The van der Waals surface area contributed by atoms with E-state index in [1.807, 2.05) is 0 Å². The lowest BCUT2D eigenvalue weighted by atomic mass is 10.1. The molecule has 1 aromatic rings. The minimum Gasteiger partial charge on any atom is -0.481 e. The molecule has 7 heteroatoms. The maximum Gasteiger partial charge on any atom is 0.307 e. The first kappa shape index (κ1) is 12.1. The topological polar surface area (TPSA) is 89.3 Å². The fraction of sp³-hybridized carbons (Fsp3) is 0.600. The van der Waals surface area contributed by atoms with E-state index in [2.05, 4.69) is 5.10 Å². The van der Waals surface area contributed by atoms with Crippen molar-refractivity contribution in [3.05, 3.63) is 17.0 Å². The average Bonchev–Trinajstić information content (AvgIpc) is 2.41. The van der Waals surface area contributed by atoms with Crippen LogP contribution in [0.25, 0.3) is 0 Å². The predicted octanol–water partition coefficient (Wildman–Crippen LogP) is 0.0965. The van der Waals surface area contributed by atoms with Crippen molar-refractivity contribution in [2.24, 2.45) is 0 Å². The summed E-state index contributed by atoms with van der Waals surface area (Å²) in [7, 11) is -2.90. The van der Waals surface area contributed by atoms with E-state index >= 15 is 0 Å². The highest BCUT2D eigenvalue weighted by molar-refractivity contribution is 7.92. The molecule has 0 unspecified atom stereocenters. The molecule has 1 N–H and O–H groups in total. The zero-order valence-corrected chi connectivity index (χ0v) is 10.5. The first-order valence-electron chi connectivity index (χ1n) is 5.27. The Morgan fingerprint density at radius 1 is 1.47 bits per heavy atom. The zero-order chi connectivity index (χ0) is 12.8. The van der Waals surface area contributed by atoms with Crippen LogP contribution in [0.2, 0.25) is 0 Å². The molecular formula is C10H14N2O4S. The Morgan fingerprint density at radius 2 is 2.06 bits per heavy atom. The summed E-state index contributed by atoms with van der Waals surface area (Å²) in [6, 6.07) is -0.138. The molecule has 0 saturated carbocycles. The number of aryl methyl sites for hydroxylation is 1. The second kappa shape index (κ2) is 3.83. The summed E-state index contributed by atoms with van der Waals surface area (Å²) in [6.07, 6.45) is -0.0723. The van der Waals surface area contributed by atoms with Gasteiger partial charge in [-0.2, -0.15) is 5.10 Å². The first-order chi connectivity index (χ1) is 7.80. The van der Waals surface area contributed by atoms with E-state index in [0.717, 1.165) is 5.69 Å². The van der Waals surface area contributed by atoms with E-state index in [1.165, 1.54) is 0 Å². The predicted molar refractivity (Wildman–Crippen MR) is 60.7 cm³/mol. The number of aromatic nitrogens is 2. The van der Waals surface area contributed by atoms with Gasteiger partial charge in [-0.05, 0) is 13.8 Å². The average molecular weight is 258 g/mol. The molecule has 0 atom stereocenters. The maximum atomic E-state index is 11.1. The molecule has 1 aliphatic heterocycles. The van der Waals surface area contributed by atoms with Crippen molar-refractivity contribution in [3.8, 4) is 0 Å². The molecule has 1 aliphatic rings. The second-order valence-corrected chi connectivity index (χ2v) is 6.55. The molecule has 0 radical (unpaired) electrons. The largest absolute Gasteiger partial charge is 0.481 e.